The number of hydrogen-bond donors (Lipinski definition) is 2. The smallest absolute Gasteiger partial charge is 0.251 e. The number of fused-ring (bicyclic) bond motifs is 1. The number of anilines is 1. The number of thiazole rings is 1. The van der Waals surface area contributed by atoms with Crippen LogP contribution < -0.4 is 11.1 Å². The number of nitrogens with two attached hydrogens (primary N) is 1. The van der Waals surface area contributed by atoms with E-state index >= 15 is 0 Å². The van der Waals surface area contributed by atoms with Crippen LogP contribution in [-0.2, 0) is 6.54 Å². The van der Waals surface area contributed by atoms with E-state index in [2.05, 4.69) is 10.3 Å². The minimum atomic E-state index is -0.0812. The van der Waals surface area contributed by atoms with Crippen molar-refractivity contribution in [1.29, 1.82) is 0 Å². The lowest BCUT2D eigenvalue weighted by Crippen LogP contribution is -2.22. The molecular weight excluding hydrogens is 278 g/mol. The summed E-state index contributed by atoms with van der Waals surface area (Å²) in [6.07, 6.45) is 0. The molecule has 0 saturated carbocycles. The van der Waals surface area contributed by atoms with E-state index in [-0.39, 0.29) is 5.91 Å². The lowest BCUT2D eigenvalue weighted by molar-refractivity contribution is 0.0951. The minimum absolute atomic E-state index is 0.0812. The van der Waals surface area contributed by atoms with Crippen molar-refractivity contribution < 1.29 is 4.79 Å². The van der Waals surface area contributed by atoms with Gasteiger partial charge in [-0.3, -0.25) is 4.79 Å². The van der Waals surface area contributed by atoms with Gasteiger partial charge in [0.05, 0.1) is 16.8 Å². The summed E-state index contributed by atoms with van der Waals surface area (Å²) in [4.78, 5) is 17.3. The highest BCUT2D eigenvalue weighted by Gasteiger charge is 2.08. The Labute approximate surface area is 117 Å². The maximum absolute atomic E-state index is 12.0. The third-order valence-corrected chi connectivity index (χ3v) is 4.39. The van der Waals surface area contributed by atoms with Gasteiger partial charge in [-0.15, -0.1) is 11.3 Å². The summed E-state index contributed by atoms with van der Waals surface area (Å²) in [6, 6.07) is 9.39. The van der Waals surface area contributed by atoms with Gasteiger partial charge in [-0.2, -0.15) is 0 Å². The van der Waals surface area contributed by atoms with Crippen LogP contribution in [0, 0.1) is 0 Å². The molecule has 0 bridgehead atoms. The van der Waals surface area contributed by atoms with Crippen LogP contribution in [0.15, 0.2) is 35.7 Å². The Morgan fingerprint density at radius 2 is 2.26 bits per heavy atom. The molecule has 0 atom stereocenters. The van der Waals surface area contributed by atoms with Gasteiger partial charge in [0.2, 0.25) is 0 Å². The molecule has 2 aromatic heterocycles. The van der Waals surface area contributed by atoms with Gasteiger partial charge >= 0.3 is 0 Å². The van der Waals surface area contributed by atoms with Crippen molar-refractivity contribution in [2.75, 3.05) is 5.73 Å². The highest BCUT2D eigenvalue weighted by atomic mass is 32.1. The molecule has 0 saturated heterocycles. The lowest BCUT2D eigenvalue weighted by atomic mass is 10.2. The summed E-state index contributed by atoms with van der Waals surface area (Å²) in [5.74, 6) is -0.0812. The number of rotatable bonds is 3. The third-order valence-electron chi connectivity index (χ3n) is 2.67. The molecule has 3 aromatic rings. The molecule has 0 fully saturated rings. The van der Waals surface area contributed by atoms with Crippen molar-refractivity contribution in [2.24, 2.45) is 0 Å². The standard InChI is InChI=1S/C13H11N3OS2/c14-13-16-10-4-3-8(6-11(10)19-13)12(17)15-7-9-2-1-5-18-9/h1-6H,7H2,(H2,14,16)(H,15,17). The van der Waals surface area contributed by atoms with Crippen LogP contribution in [0.3, 0.4) is 0 Å². The number of benzene rings is 1. The summed E-state index contributed by atoms with van der Waals surface area (Å²) >= 11 is 3.02. The Balaban J connectivity index is 1.77. The van der Waals surface area contributed by atoms with Gasteiger partial charge in [0, 0.05) is 10.4 Å². The van der Waals surface area contributed by atoms with E-state index in [1.54, 1.807) is 17.4 Å². The monoisotopic (exact) mass is 289 g/mol. The van der Waals surface area contributed by atoms with Crippen LogP contribution in [0.2, 0.25) is 0 Å². The highest BCUT2D eigenvalue weighted by Crippen LogP contribution is 2.24. The largest absolute Gasteiger partial charge is 0.375 e. The summed E-state index contributed by atoms with van der Waals surface area (Å²) in [6.45, 7) is 0.555. The van der Waals surface area contributed by atoms with Crippen molar-refractivity contribution in [3.63, 3.8) is 0 Å². The molecule has 6 heteroatoms. The predicted molar refractivity (Wildman–Crippen MR) is 79.5 cm³/mol. The van der Waals surface area contributed by atoms with Crippen molar-refractivity contribution >= 4 is 43.9 Å². The zero-order valence-electron chi connectivity index (χ0n) is 9.92. The number of carbonyl (C=O) groups is 1. The van der Waals surface area contributed by atoms with Gasteiger partial charge in [-0.25, -0.2) is 4.98 Å². The summed E-state index contributed by atoms with van der Waals surface area (Å²) < 4.78 is 0.932. The van der Waals surface area contributed by atoms with Crippen LogP contribution in [-0.4, -0.2) is 10.9 Å². The van der Waals surface area contributed by atoms with E-state index in [9.17, 15) is 4.79 Å². The number of aromatic nitrogens is 1. The SMILES string of the molecule is Nc1nc2ccc(C(=O)NCc3cccs3)cc2s1. The fourth-order valence-electron chi connectivity index (χ4n) is 1.77. The van der Waals surface area contributed by atoms with Crippen molar-refractivity contribution in [2.45, 2.75) is 6.54 Å². The average Bonchev–Trinajstić information content (AvgIpc) is 3.02. The van der Waals surface area contributed by atoms with Gasteiger partial charge in [0.25, 0.3) is 5.91 Å². The van der Waals surface area contributed by atoms with E-state index in [1.165, 1.54) is 11.3 Å². The molecule has 0 unspecified atom stereocenters. The first-order chi connectivity index (χ1) is 9.22. The number of thiophene rings is 1. The second-order valence-corrected chi connectivity index (χ2v) is 6.09. The number of amides is 1. The average molecular weight is 289 g/mol. The van der Waals surface area contributed by atoms with Crippen LogP contribution >= 0.6 is 22.7 Å². The molecule has 3 rings (SSSR count). The topological polar surface area (TPSA) is 68.0 Å². The Morgan fingerprint density at radius 3 is 3.05 bits per heavy atom. The Kier molecular flexibility index (Phi) is 3.18. The van der Waals surface area contributed by atoms with Gasteiger partial charge in [0.15, 0.2) is 5.13 Å². The van der Waals surface area contributed by atoms with Gasteiger partial charge in [-0.1, -0.05) is 17.4 Å². The van der Waals surface area contributed by atoms with E-state index in [1.807, 2.05) is 29.6 Å². The zero-order chi connectivity index (χ0) is 13.2. The normalized spacial score (nSPS) is 10.7. The fraction of sp³-hybridized carbons (Fsp3) is 0.0769. The van der Waals surface area contributed by atoms with Crippen molar-refractivity contribution in [3.8, 4) is 0 Å². The lowest BCUT2D eigenvalue weighted by Gasteiger charge is -2.03. The van der Waals surface area contributed by atoms with E-state index < -0.39 is 0 Å². The molecule has 1 aromatic carbocycles. The van der Waals surface area contributed by atoms with E-state index in [0.29, 0.717) is 17.2 Å². The Bertz CT molecular complexity index is 719. The van der Waals surface area contributed by atoms with Crippen molar-refractivity contribution in [3.05, 3.63) is 46.2 Å². The van der Waals surface area contributed by atoms with Crippen LogP contribution in [0.4, 0.5) is 5.13 Å². The fourth-order valence-corrected chi connectivity index (χ4v) is 3.18. The van der Waals surface area contributed by atoms with Gasteiger partial charge in [0.1, 0.15) is 0 Å². The molecule has 0 aliphatic heterocycles. The van der Waals surface area contributed by atoms with Crippen LogP contribution in [0.1, 0.15) is 15.2 Å². The quantitative estimate of drug-likeness (QED) is 0.779. The van der Waals surface area contributed by atoms with Crippen molar-refractivity contribution in [1.82, 2.24) is 10.3 Å². The molecule has 2 heterocycles. The van der Waals surface area contributed by atoms with E-state index in [0.717, 1.165) is 15.1 Å². The number of nitrogens with zero attached hydrogens (tertiary/aromatic N) is 1. The molecule has 0 spiro atoms. The molecule has 96 valence electrons. The zero-order valence-corrected chi connectivity index (χ0v) is 11.6. The maximum Gasteiger partial charge on any atom is 0.251 e. The Hall–Kier alpha value is -1.92. The first-order valence-electron chi connectivity index (χ1n) is 5.69. The van der Waals surface area contributed by atoms with Crippen LogP contribution in [0.25, 0.3) is 10.2 Å². The predicted octanol–water partition coefficient (Wildman–Crippen LogP) is 2.87. The maximum atomic E-state index is 12.0. The van der Waals surface area contributed by atoms with E-state index in [4.69, 9.17) is 5.73 Å². The van der Waals surface area contributed by atoms with Gasteiger partial charge < -0.3 is 11.1 Å². The molecule has 1 amide bonds. The number of nitrogens with one attached hydrogen (secondary N) is 1. The number of nitrogen functional groups attached to an aromatic ring is 1. The highest BCUT2D eigenvalue weighted by molar-refractivity contribution is 7.22. The minimum Gasteiger partial charge on any atom is -0.375 e. The van der Waals surface area contributed by atoms with Crippen LogP contribution in [0.5, 0.6) is 0 Å². The summed E-state index contributed by atoms with van der Waals surface area (Å²) in [5.41, 5.74) is 7.11. The molecule has 19 heavy (non-hydrogen) atoms. The summed E-state index contributed by atoms with van der Waals surface area (Å²) in [5, 5.41) is 5.41. The molecular formula is C13H11N3OS2. The summed E-state index contributed by atoms with van der Waals surface area (Å²) in [7, 11) is 0. The Morgan fingerprint density at radius 1 is 1.37 bits per heavy atom. The molecule has 0 radical (unpaired) electrons. The molecule has 0 aliphatic carbocycles. The first-order valence-corrected chi connectivity index (χ1v) is 7.38. The second-order valence-electron chi connectivity index (χ2n) is 4.00. The molecule has 0 aliphatic rings. The molecule has 4 nitrogen and oxygen atoms in total. The van der Waals surface area contributed by atoms with Gasteiger partial charge in [-0.05, 0) is 29.6 Å². The first kappa shape index (κ1) is 12.1. The third kappa shape index (κ3) is 2.59. The number of hydrogen-bond acceptors (Lipinski definition) is 5. The molecule has 3 N–H and O–H groups in total. The number of carbonyl (C=O) groups excluding carboxylic acids is 1. The second kappa shape index (κ2) is 4.99.